The summed E-state index contributed by atoms with van der Waals surface area (Å²) in [5.41, 5.74) is 27.9. The molecular formula is C72H76BN3. The van der Waals surface area contributed by atoms with Crippen molar-refractivity contribution in [2.24, 2.45) is 0 Å². The molecule has 3 nitrogen and oxygen atoms in total. The predicted octanol–water partition coefficient (Wildman–Crippen LogP) is 17.9. The maximum atomic E-state index is 2.72. The average Bonchev–Trinajstić information content (AvgIpc) is 3.69. The van der Waals surface area contributed by atoms with Gasteiger partial charge >= 0.3 is 0 Å². The molecule has 4 heteroatoms. The van der Waals surface area contributed by atoms with Crippen LogP contribution in [0.4, 0.5) is 51.2 Å². The van der Waals surface area contributed by atoms with E-state index in [-0.39, 0.29) is 39.2 Å². The number of aryl methyl sites for hydroxylation is 1. The number of anilines is 9. The second-order valence-corrected chi connectivity index (χ2v) is 27.5. The fourth-order valence-corrected chi connectivity index (χ4v) is 15.2. The van der Waals surface area contributed by atoms with Crippen LogP contribution in [0.25, 0.3) is 11.1 Å². The lowest BCUT2D eigenvalue weighted by atomic mass is 9.33. The number of rotatable bonds is 6. The lowest BCUT2D eigenvalue weighted by Gasteiger charge is -2.48. The van der Waals surface area contributed by atoms with E-state index in [0.29, 0.717) is 0 Å². The van der Waals surface area contributed by atoms with E-state index in [1.165, 1.54) is 107 Å². The van der Waals surface area contributed by atoms with Crippen LogP contribution in [0.5, 0.6) is 0 Å². The van der Waals surface area contributed by atoms with Crippen LogP contribution in [0.1, 0.15) is 154 Å². The van der Waals surface area contributed by atoms with Crippen molar-refractivity contribution in [3.8, 4) is 11.1 Å². The van der Waals surface area contributed by atoms with Crippen LogP contribution < -0.4 is 31.1 Å². The molecule has 8 aromatic carbocycles. The summed E-state index contributed by atoms with van der Waals surface area (Å²) in [6.45, 7) is 32.0. The van der Waals surface area contributed by atoms with E-state index in [2.05, 4.69) is 269 Å². The molecule has 3 aliphatic carbocycles. The summed E-state index contributed by atoms with van der Waals surface area (Å²) in [6, 6.07) is 63.8. The standard InChI is InChI=1S/C72H76BN3/c1-46-37-54-58(72(12,13)45-71(54,10)11)43-61(46)76-62-38-48(47-23-17-14-18-24-47)29-32-59(62)73-60-42-56-57(70(8,9)36-35-69(56,6)7)44-63(60)75(51-30-31-53-55(39-51)68(4,5)34-33-67(53,2)3)64-40-52(41-65(76)66(64)73)74(49-25-19-15-20-26-49)50-27-21-16-22-28-50/h14-32,37-44H,33-36,45H2,1-13H3. The molecule has 0 spiro atoms. The van der Waals surface area contributed by atoms with Gasteiger partial charge in [0.25, 0.3) is 6.71 Å². The normalized spacial score (nSPS) is 19.1. The van der Waals surface area contributed by atoms with Gasteiger partial charge in [0.1, 0.15) is 0 Å². The molecule has 0 amide bonds. The molecule has 2 aliphatic heterocycles. The third kappa shape index (κ3) is 7.43. The molecule has 0 radical (unpaired) electrons. The van der Waals surface area contributed by atoms with Crippen LogP contribution in [0.15, 0.2) is 164 Å². The minimum absolute atomic E-state index is 0.0111. The molecule has 382 valence electrons. The highest BCUT2D eigenvalue weighted by Crippen LogP contribution is 2.56. The van der Waals surface area contributed by atoms with Gasteiger partial charge in [0.15, 0.2) is 0 Å². The van der Waals surface area contributed by atoms with Gasteiger partial charge in [-0.05, 0) is 205 Å². The number of hydrogen-bond acceptors (Lipinski definition) is 3. The van der Waals surface area contributed by atoms with Crippen molar-refractivity contribution < 1.29 is 0 Å². The number of hydrogen-bond donors (Lipinski definition) is 0. The molecule has 5 aliphatic rings. The zero-order chi connectivity index (χ0) is 53.1. The fraction of sp³-hybridized carbons (Fsp3) is 0.333. The summed E-state index contributed by atoms with van der Waals surface area (Å²) in [5, 5.41) is 0. The third-order valence-electron chi connectivity index (χ3n) is 19.4. The van der Waals surface area contributed by atoms with Crippen molar-refractivity contribution in [2.75, 3.05) is 14.7 Å². The molecule has 0 saturated carbocycles. The van der Waals surface area contributed by atoms with Crippen molar-refractivity contribution in [1.82, 2.24) is 0 Å². The number of benzene rings is 8. The largest absolute Gasteiger partial charge is 0.311 e. The molecule has 0 aromatic heterocycles. The molecule has 8 aromatic rings. The molecule has 0 saturated heterocycles. The van der Waals surface area contributed by atoms with Gasteiger partial charge in [-0.3, -0.25) is 0 Å². The van der Waals surface area contributed by atoms with Crippen molar-refractivity contribution in [1.29, 1.82) is 0 Å². The van der Waals surface area contributed by atoms with Crippen molar-refractivity contribution in [3.05, 3.63) is 203 Å². The Morgan fingerprint density at radius 3 is 1.42 bits per heavy atom. The zero-order valence-electron chi connectivity index (χ0n) is 47.5. The second-order valence-electron chi connectivity index (χ2n) is 27.5. The second kappa shape index (κ2) is 16.6. The van der Waals surface area contributed by atoms with Crippen LogP contribution in [0.3, 0.4) is 0 Å². The third-order valence-corrected chi connectivity index (χ3v) is 19.4. The van der Waals surface area contributed by atoms with Crippen LogP contribution >= 0.6 is 0 Å². The fourth-order valence-electron chi connectivity index (χ4n) is 15.2. The smallest absolute Gasteiger partial charge is 0.252 e. The summed E-state index contributed by atoms with van der Waals surface area (Å²) in [4.78, 5) is 7.92. The first kappa shape index (κ1) is 48.8. The van der Waals surface area contributed by atoms with Gasteiger partial charge in [-0.2, -0.15) is 0 Å². The van der Waals surface area contributed by atoms with Gasteiger partial charge in [0.2, 0.25) is 0 Å². The Bertz CT molecular complexity index is 3610. The Balaban J connectivity index is 1.20. The molecule has 0 unspecified atom stereocenters. The van der Waals surface area contributed by atoms with E-state index in [0.717, 1.165) is 42.7 Å². The SMILES string of the molecule is Cc1cc2c(cc1N1c3cc(-c4ccccc4)ccc3B3c4cc5c(cc4N(c4ccc6c(c4)C(C)(C)CCC6(C)C)c4cc(N(c6ccccc6)c6ccccc6)cc1c43)C(C)(C)CCC5(C)C)C(C)(C)CC2(C)C. The molecule has 0 bridgehead atoms. The Labute approximate surface area is 455 Å². The quantitative estimate of drug-likeness (QED) is 0.154. The Morgan fingerprint density at radius 1 is 0.355 bits per heavy atom. The molecule has 0 atom stereocenters. The number of para-hydroxylation sites is 2. The van der Waals surface area contributed by atoms with Crippen LogP contribution in [-0.4, -0.2) is 6.71 Å². The van der Waals surface area contributed by atoms with Gasteiger partial charge in [-0.25, -0.2) is 0 Å². The van der Waals surface area contributed by atoms with Crippen molar-refractivity contribution >= 4 is 74.3 Å². The summed E-state index contributed by atoms with van der Waals surface area (Å²) in [6.07, 6.45) is 5.76. The molecule has 0 fully saturated rings. The Hall–Kier alpha value is -6.78. The maximum Gasteiger partial charge on any atom is 0.252 e. The van der Waals surface area contributed by atoms with Gasteiger partial charge in [0.05, 0.1) is 5.69 Å². The molecule has 2 heterocycles. The van der Waals surface area contributed by atoms with E-state index in [4.69, 9.17) is 0 Å². The van der Waals surface area contributed by atoms with Crippen LogP contribution in [0.2, 0.25) is 0 Å². The van der Waals surface area contributed by atoms with E-state index in [1.807, 2.05) is 0 Å². The molecule has 76 heavy (non-hydrogen) atoms. The van der Waals surface area contributed by atoms with Crippen molar-refractivity contribution in [3.63, 3.8) is 0 Å². The highest BCUT2D eigenvalue weighted by molar-refractivity contribution is 7.00. The zero-order valence-corrected chi connectivity index (χ0v) is 47.5. The first-order valence-corrected chi connectivity index (χ1v) is 28.4. The first-order chi connectivity index (χ1) is 36.0. The minimum atomic E-state index is -0.0347. The van der Waals surface area contributed by atoms with Crippen LogP contribution in [-0.2, 0) is 32.5 Å². The van der Waals surface area contributed by atoms with Crippen LogP contribution in [0, 0.1) is 6.92 Å². The highest BCUT2D eigenvalue weighted by atomic mass is 15.2. The monoisotopic (exact) mass is 994 g/mol. The van der Waals surface area contributed by atoms with E-state index in [9.17, 15) is 0 Å². The average molecular weight is 994 g/mol. The summed E-state index contributed by atoms with van der Waals surface area (Å²) >= 11 is 0. The topological polar surface area (TPSA) is 9.72 Å². The number of nitrogens with zero attached hydrogens (tertiary/aromatic N) is 3. The van der Waals surface area contributed by atoms with Gasteiger partial charge in [0, 0.05) is 45.5 Å². The Kier molecular flexibility index (Phi) is 10.7. The molecule has 13 rings (SSSR count). The van der Waals surface area contributed by atoms with Gasteiger partial charge < -0.3 is 14.7 Å². The molecular weight excluding hydrogens is 918 g/mol. The van der Waals surface area contributed by atoms with Gasteiger partial charge in [-0.1, -0.05) is 180 Å². The van der Waals surface area contributed by atoms with E-state index >= 15 is 0 Å². The van der Waals surface area contributed by atoms with E-state index in [1.54, 1.807) is 0 Å². The molecule has 0 N–H and O–H groups in total. The maximum absolute atomic E-state index is 2.72. The Morgan fingerprint density at radius 2 is 0.829 bits per heavy atom. The summed E-state index contributed by atoms with van der Waals surface area (Å²) in [7, 11) is 0. The summed E-state index contributed by atoms with van der Waals surface area (Å²) < 4.78 is 0. The summed E-state index contributed by atoms with van der Waals surface area (Å²) in [5.74, 6) is 0. The van der Waals surface area contributed by atoms with Gasteiger partial charge in [-0.15, -0.1) is 0 Å². The lowest BCUT2D eigenvalue weighted by molar-refractivity contribution is 0.332. The van der Waals surface area contributed by atoms with Crippen molar-refractivity contribution in [2.45, 2.75) is 155 Å². The predicted molar refractivity (Wildman–Crippen MR) is 327 cm³/mol. The first-order valence-electron chi connectivity index (χ1n) is 28.4. The number of fused-ring (bicyclic) bond motifs is 7. The minimum Gasteiger partial charge on any atom is -0.311 e. The lowest BCUT2D eigenvalue weighted by Crippen LogP contribution is -2.62. The highest BCUT2D eigenvalue weighted by Gasteiger charge is 2.49. The van der Waals surface area contributed by atoms with E-state index < -0.39 is 0 Å².